The molecule has 0 spiro atoms. The first-order valence-corrected chi connectivity index (χ1v) is 7.11. The van der Waals surface area contributed by atoms with E-state index in [1.54, 1.807) is 19.1 Å². The Morgan fingerprint density at radius 2 is 2.00 bits per heavy atom. The van der Waals surface area contributed by atoms with Gasteiger partial charge < -0.3 is 10.4 Å². The fourth-order valence-corrected chi connectivity index (χ4v) is 2.42. The summed E-state index contributed by atoms with van der Waals surface area (Å²) < 4.78 is 0. The van der Waals surface area contributed by atoms with E-state index < -0.39 is 11.9 Å². The molecule has 0 radical (unpaired) electrons. The SMILES string of the molecule is CCc1ccc(C(=O)O)c(NC(=O)c2cccnc2Cl)c1C. The van der Waals surface area contributed by atoms with Crippen LogP contribution in [0.25, 0.3) is 0 Å². The molecule has 0 saturated carbocycles. The zero-order valence-corrected chi connectivity index (χ0v) is 12.9. The van der Waals surface area contributed by atoms with Crippen molar-refractivity contribution in [3.63, 3.8) is 0 Å². The maximum absolute atomic E-state index is 12.3. The number of carbonyl (C=O) groups excluding carboxylic acids is 1. The van der Waals surface area contributed by atoms with Crippen LogP contribution in [0, 0.1) is 6.92 Å². The Morgan fingerprint density at radius 3 is 2.59 bits per heavy atom. The minimum Gasteiger partial charge on any atom is -0.478 e. The maximum Gasteiger partial charge on any atom is 0.337 e. The fourth-order valence-electron chi connectivity index (χ4n) is 2.21. The molecule has 0 aliphatic heterocycles. The monoisotopic (exact) mass is 318 g/mol. The third-order valence-corrected chi connectivity index (χ3v) is 3.73. The molecule has 0 aliphatic carbocycles. The Hall–Kier alpha value is -2.40. The summed E-state index contributed by atoms with van der Waals surface area (Å²) in [7, 11) is 0. The largest absolute Gasteiger partial charge is 0.478 e. The van der Waals surface area contributed by atoms with Gasteiger partial charge in [-0.25, -0.2) is 9.78 Å². The molecule has 2 aromatic rings. The highest BCUT2D eigenvalue weighted by Crippen LogP contribution is 2.26. The van der Waals surface area contributed by atoms with E-state index in [4.69, 9.17) is 11.6 Å². The first-order chi connectivity index (χ1) is 10.5. The number of hydrogen-bond donors (Lipinski definition) is 2. The van der Waals surface area contributed by atoms with Crippen molar-refractivity contribution in [1.29, 1.82) is 0 Å². The van der Waals surface area contributed by atoms with Gasteiger partial charge in [0, 0.05) is 6.20 Å². The number of aromatic carboxylic acids is 1. The van der Waals surface area contributed by atoms with Gasteiger partial charge >= 0.3 is 5.97 Å². The van der Waals surface area contributed by atoms with E-state index in [1.165, 1.54) is 18.3 Å². The van der Waals surface area contributed by atoms with Gasteiger partial charge in [-0.05, 0) is 42.7 Å². The summed E-state index contributed by atoms with van der Waals surface area (Å²) >= 11 is 5.90. The lowest BCUT2D eigenvalue weighted by Crippen LogP contribution is -2.17. The molecule has 1 heterocycles. The Morgan fingerprint density at radius 1 is 1.27 bits per heavy atom. The highest BCUT2D eigenvalue weighted by molar-refractivity contribution is 6.33. The van der Waals surface area contributed by atoms with Gasteiger partial charge in [0.05, 0.1) is 16.8 Å². The summed E-state index contributed by atoms with van der Waals surface area (Å²) in [5.74, 6) is -1.59. The Balaban J connectivity index is 2.46. The Kier molecular flexibility index (Phi) is 4.78. The minimum absolute atomic E-state index is 0.0445. The lowest BCUT2D eigenvalue weighted by Gasteiger charge is -2.15. The molecule has 5 nitrogen and oxygen atoms in total. The Bertz CT molecular complexity index is 744. The van der Waals surface area contributed by atoms with Crippen molar-refractivity contribution in [2.24, 2.45) is 0 Å². The van der Waals surface area contributed by atoms with E-state index in [0.717, 1.165) is 17.5 Å². The quantitative estimate of drug-likeness (QED) is 0.845. The van der Waals surface area contributed by atoms with Crippen LogP contribution in [-0.4, -0.2) is 22.0 Å². The van der Waals surface area contributed by atoms with Crippen molar-refractivity contribution in [3.8, 4) is 0 Å². The number of carboxylic acids is 1. The number of anilines is 1. The third-order valence-electron chi connectivity index (χ3n) is 3.43. The van der Waals surface area contributed by atoms with Crippen LogP contribution in [-0.2, 0) is 6.42 Å². The van der Waals surface area contributed by atoms with Gasteiger partial charge in [-0.1, -0.05) is 24.6 Å². The molecule has 0 saturated heterocycles. The van der Waals surface area contributed by atoms with Gasteiger partial charge in [-0.3, -0.25) is 4.79 Å². The second-order valence-corrected chi connectivity index (χ2v) is 5.08. The second-order valence-electron chi connectivity index (χ2n) is 4.73. The molecule has 2 N–H and O–H groups in total. The predicted octanol–water partition coefficient (Wildman–Crippen LogP) is 3.56. The first-order valence-electron chi connectivity index (χ1n) is 6.73. The van der Waals surface area contributed by atoms with Crippen molar-refractivity contribution in [2.75, 3.05) is 5.32 Å². The molecule has 22 heavy (non-hydrogen) atoms. The van der Waals surface area contributed by atoms with E-state index in [-0.39, 0.29) is 22.0 Å². The average Bonchev–Trinajstić information content (AvgIpc) is 2.49. The van der Waals surface area contributed by atoms with Crippen LogP contribution in [0.2, 0.25) is 5.15 Å². The molecule has 2 rings (SSSR count). The molecular formula is C16H15ClN2O3. The molecule has 1 aromatic carbocycles. The molecule has 114 valence electrons. The topological polar surface area (TPSA) is 79.3 Å². The zero-order valence-electron chi connectivity index (χ0n) is 12.2. The molecule has 0 unspecified atom stereocenters. The lowest BCUT2D eigenvalue weighted by molar-refractivity contribution is 0.0698. The number of halogens is 1. The van der Waals surface area contributed by atoms with E-state index in [9.17, 15) is 14.7 Å². The molecule has 0 atom stereocenters. The minimum atomic E-state index is -1.10. The van der Waals surface area contributed by atoms with Gasteiger partial charge in [-0.15, -0.1) is 0 Å². The fraction of sp³-hybridized carbons (Fsp3) is 0.188. The van der Waals surface area contributed by atoms with Gasteiger partial charge in [0.1, 0.15) is 5.15 Å². The van der Waals surface area contributed by atoms with E-state index in [1.807, 2.05) is 6.92 Å². The zero-order chi connectivity index (χ0) is 16.3. The van der Waals surface area contributed by atoms with Crippen molar-refractivity contribution in [2.45, 2.75) is 20.3 Å². The van der Waals surface area contributed by atoms with E-state index in [2.05, 4.69) is 10.3 Å². The predicted molar refractivity (Wildman–Crippen MR) is 84.7 cm³/mol. The number of carbonyl (C=O) groups is 2. The van der Waals surface area contributed by atoms with Gasteiger partial charge in [0.25, 0.3) is 5.91 Å². The van der Waals surface area contributed by atoms with E-state index in [0.29, 0.717) is 0 Å². The number of aryl methyl sites for hydroxylation is 1. The van der Waals surface area contributed by atoms with Crippen LogP contribution in [0.4, 0.5) is 5.69 Å². The summed E-state index contributed by atoms with van der Waals surface area (Å²) in [6.07, 6.45) is 2.22. The standard InChI is InChI=1S/C16H15ClN2O3/c1-3-10-6-7-11(16(21)22)13(9(10)2)19-15(20)12-5-4-8-18-14(12)17/h4-8H,3H2,1-2H3,(H,19,20)(H,21,22). The molecule has 0 bridgehead atoms. The molecule has 1 aromatic heterocycles. The number of benzene rings is 1. The maximum atomic E-state index is 12.3. The van der Waals surface area contributed by atoms with Crippen LogP contribution >= 0.6 is 11.6 Å². The van der Waals surface area contributed by atoms with E-state index >= 15 is 0 Å². The van der Waals surface area contributed by atoms with Gasteiger partial charge in [0.2, 0.25) is 0 Å². The number of amides is 1. The number of nitrogens with zero attached hydrogens (tertiary/aromatic N) is 1. The van der Waals surface area contributed by atoms with Crippen molar-refractivity contribution in [3.05, 3.63) is 57.9 Å². The number of pyridine rings is 1. The smallest absolute Gasteiger partial charge is 0.337 e. The van der Waals surface area contributed by atoms with Crippen molar-refractivity contribution >= 4 is 29.2 Å². The molecule has 0 fully saturated rings. The molecular weight excluding hydrogens is 304 g/mol. The highest BCUT2D eigenvalue weighted by atomic mass is 35.5. The summed E-state index contributed by atoms with van der Waals surface area (Å²) in [6, 6.07) is 6.37. The van der Waals surface area contributed by atoms with Crippen LogP contribution in [0.5, 0.6) is 0 Å². The normalized spacial score (nSPS) is 10.3. The van der Waals surface area contributed by atoms with Crippen molar-refractivity contribution < 1.29 is 14.7 Å². The number of rotatable bonds is 4. The molecule has 0 aliphatic rings. The number of nitrogens with one attached hydrogen (secondary N) is 1. The van der Waals surface area contributed by atoms with Gasteiger partial charge in [0.15, 0.2) is 0 Å². The van der Waals surface area contributed by atoms with Crippen LogP contribution in [0.1, 0.15) is 38.8 Å². The lowest BCUT2D eigenvalue weighted by atomic mass is 9.99. The van der Waals surface area contributed by atoms with Crippen molar-refractivity contribution in [1.82, 2.24) is 4.98 Å². The van der Waals surface area contributed by atoms with Crippen LogP contribution < -0.4 is 5.32 Å². The van der Waals surface area contributed by atoms with Gasteiger partial charge in [-0.2, -0.15) is 0 Å². The summed E-state index contributed by atoms with van der Waals surface area (Å²) in [5, 5.41) is 12.0. The highest BCUT2D eigenvalue weighted by Gasteiger charge is 2.19. The Labute approximate surface area is 133 Å². The first kappa shape index (κ1) is 16.0. The number of hydrogen-bond acceptors (Lipinski definition) is 3. The van der Waals surface area contributed by atoms with Crippen LogP contribution in [0.15, 0.2) is 30.5 Å². The average molecular weight is 319 g/mol. The van der Waals surface area contributed by atoms with Crippen LogP contribution in [0.3, 0.4) is 0 Å². The number of carboxylic acid groups (broad SMARTS) is 1. The summed E-state index contributed by atoms with van der Waals surface area (Å²) in [6.45, 7) is 3.75. The summed E-state index contributed by atoms with van der Waals surface area (Å²) in [5.41, 5.74) is 2.23. The molecule has 1 amide bonds. The number of aromatic nitrogens is 1. The molecule has 6 heteroatoms. The summed E-state index contributed by atoms with van der Waals surface area (Å²) in [4.78, 5) is 27.5. The second kappa shape index (κ2) is 6.58. The third kappa shape index (κ3) is 3.09.